The Balaban J connectivity index is 1.75. The highest BCUT2D eigenvalue weighted by Crippen LogP contribution is 2.28. The minimum absolute atomic E-state index is 0.224. The first kappa shape index (κ1) is 13.1. The standard InChI is InChI=1S/C15H12N8/c16-15-19-4-3-13(21-15)20-10-1-2-12-11(5-10)14(23-22-12)9-6-17-8-18-7-9/h1-8H,(H,22,23)(H3,16,19,20,21). The van der Waals surface area contributed by atoms with Crippen LogP contribution in [0.5, 0.6) is 0 Å². The number of nitrogens with zero attached hydrogens (tertiary/aromatic N) is 5. The molecule has 0 atom stereocenters. The van der Waals surface area contributed by atoms with E-state index in [1.807, 2.05) is 18.2 Å². The van der Waals surface area contributed by atoms with E-state index in [-0.39, 0.29) is 5.95 Å². The molecule has 1 aromatic carbocycles. The van der Waals surface area contributed by atoms with Crippen LogP contribution in [0.4, 0.5) is 17.5 Å². The Hall–Kier alpha value is -3.55. The quantitative estimate of drug-likeness (QED) is 0.530. The third-order valence-corrected chi connectivity index (χ3v) is 3.34. The molecule has 8 heteroatoms. The number of anilines is 3. The maximum Gasteiger partial charge on any atom is 0.221 e. The summed E-state index contributed by atoms with van der Waals surface area (Å²) in [6.07, 6.45) is 6.56. The van der Waals surface area contributed by atoms with Gasteiger partial charge in [0.25, 0.3) is 0 Å². The van der Waals surface area contributed by atoms with E-state index < -0.39 is 0 Å². The number of H-pyrrole nitrogens is 1. The summed E-state index contributed by atoms with van der Waals surface area (Å²) in [7, 11) is 0. The van der Waals surface area contributed by atoms with Crippen molar-refractivity contribution in [1.82, 2.24) is 30.1 Å². The van der Waals surface area contributed by atoms with Crippen molar-refractivity contribution in [3.05, 3.63) is 49.2 Å². The van der Waals surface area contributed by atoms with Crippen molar-refractivity contribution in [3.63, 3.8) is 0 Å². The van der Waals surface area contributed by atoms with Gasteiger partial charge < -0.3 is 11.1 Å². The molecule has 0 amide bonds. The van der Waals surface area contributed by atoms with E-state index in [0.717, 1.165) is 27.8 Å². The third kappa shape index (κ3) is 2.53. The Kier molecular flexibility index (Phi) is 3.05. The molecule has 112 valence electrons. The van der Waals surface area contributed by atoms with Crippen LogP contribution in [0.25, 0.3) is 22.2 Å². The summed E-state index contributed by atoms with van der Waals surface area (Å²) in [6, 6.07) is 7.62. The van der Waals surface area contributed by atoms with Gasteiger partial charge in [0, 0.05) is 35.2 Å². The molecule has 0 bridgehead atoms. The van der Waals surface area contributed by atoms with Gasteiger partial charge in [0.05, 0.1) is 5.52 Å². The van der Waals surface area contributed by atoms with Crippen LogP contribution >= 0.6 is 0 Å². The fraction of sp³-hybridized carbons (Fsp3) is 0. The molecule has 8 nitrogen and oxygen atoms in total. The zero-order valence-electron chi connectivity index (χ0n) is 11.9. The summed E-state index contributed by atoms with van der Waals surface area (Å²) in [5.41, 5.74) is 9.04. The van der Waals surface area contributed by atoms with Crippen LogP contribution in [-0.2, 0) is 0 Å². The Morgan fingerprint density at radius 1 is 1.09 bits per heavy atom. The number of rotatable bonds is 3. The summed E-state index contributed by atoms with van der Waals surface area (Å²) in [5.74, 6) is 0.853. The van der Waals surface area contributed by atoms with Crippen LogP contribution in [0.2, 0.25) is 0 Å². The van der Waals surface area contributed by atoms with Gasteiger partial charge in [-0.2, -0.15) is 10.1 Å². The Morgan fingerprint density at radius 2 is 1.96 bits per heavy atom. The average Bonchev–Trinajstić information content (AvgIpc) is 2.99. The lowest BCUT2D eigenvalue weighted by Crippen LogP contribution is -1.98. The molecule has 0 aliphatic heterocycles. The lowest BCUT2D eigenvalue weighted by molar-refractivity contribution is 1.11. The van der Waals surface area contributed by atoms with Crippen molar-refractivity contribution < 1.29 is 0 Å². The van der Waals surface area contributed by atoms with Crippen molar-refractivity contribution in [2.24, 2.45) is 0 Å². The number of nitrogens with one attached hydrogen (secondary N) is 2. The highest BCUT2D eigenvalue weighted by molar-refractivity contribution is 5.94. The predicted octanol–water partition coefficient (Wildman–Crippen LogP) is 2.14. The van der Waals surface area contributed by atoms with Gasteiger partial charge in [0.2, 0.25) is 5.95 Å². The molecular weight excluding hydrogens is 292 g/mol. The van der Waals surface area contributed by atoms with Gasteiger partial charge in [-0.15, -0.1) is 0 Å². The number of aromatic nitrogens is 6. The molecule has 0 saturated heterocycles. The fourth-order valence-corrected chi connectivity index (χ4v) is 2.32. The first-order valence-electron chi connectivity index (χ1n) is 6.89. The monoisotopic (exact) mass is 304 g/mol. The summed E-state index contributed by atoms with van der Waals surface area (Å²) < 4.78 is 0. The number of benzene rings is 1. The highest BCUT2D eigenvalue weighted by atomic mass is 15.1. The molecule has 0 spiro atoms. The molecule has 0 aliphatic carbocycles. The number of fused-ring (bicyclic) bond motifs is 1. The molecule has 0 saturated carbocycles. The second kappa shape index (κ2) is 5.34. The Labute approximate surface area is 130 Å². The average molecular weight is 304 g/mol. The third-order valence-electron chi connectivity index (χ3n) is 3.34. The first-order valence-corrected chi connectivity index (χ1v) is 6.89. The molecule has 0 fully saturated rings. The Morgan fingerprint density at radius 3 is 2.78 bits per heavy atom. The van der Waals surface area contributed by atoms with Crippen LogP contribution in [0, 0.1) is 0 Å². The van der Waals surface area contributed by atoms with Gasteiger partial charge in [-0.05, 0) is 24.3 Å². The van der Waals surface area contributed by atoms with Gasteiger partial charge in [0.1, 0.15) is 17.8 Å². The lowest BCUT2D eigenvalue weighted by atomic mass is 10.1. The van der Waals surface area contributed by atoms with E-state index in [0.29, 0.717) is 5.82 Å². The van der Waals surface area contributed by atoms with E-state index >= 15 is 0 Å². The van der Waals surface area contributed by atoms with Gasteiger partial charge in [-0.3, -0.25) is 5.10 Å². The number of aromatic amines is 1. The second-order valence-corrected chi connectivity index (χ2v) is 4.88. The largest absolute Gasteiger partial charge is 0.368 e. The molecule has 4 aromatic rings. The van der Waals surface area contributed by atoms with E-state index in [1.54, 1.807) is 24.7 Å². The molecule has 0 aliphatic rings. The minimum Gasteiger partial charge on any atom is -0.368 e. The van der Waals surface area contributed by atoms with Crippen molar-refractivity contribution in [2.75, 3.05) is 11.1 Å². The van der Waals surface area contributed by atoms with Crippen molar-refractivity contribution >= 4 is 28.4 Å². The predicted molar refractivity (Wildman–Crippen MR) is 86.8 cm³/mol. The zero-order valence-corrected chi connectivity index (χ0v) is 11.9. The topological polar surface area (TPSA) is 118 Å². The van der Waals surface area contributed by atoms with Crippen LogP contribution in [0.1, 0.15) is 0 Å². The number of hydrogen-bond donors (Lipinski definition) is 3. The summed E-state index contributed by atoms with van der Waals surface area (Å²) >= 11 is 0. The van der Waals surface area contributed by atoms with Gasteiger partial charge in [0.15, 0.2) is 0 Å². The van der Waals surface area contributed by atoms with Crippen molar-refractivity contribution in [2.45, 2.75) is 0 Å². The van der Waals surface area contributed by atoms with Crippen LogP contribution in [0.15, 0.2) is 49.2 Å². The van der Waals surface area contributed by atoms with Gasteiger partial charge in [-0.25, -0.2) is 15.0 Å². The first-order chi connectivity index (χ1) is 11.3. The summed E-state index contributed by atoms with van der Waals surface area (Å²) in [4.78, 5) is 16.1. The van der Waals surface area contributed by atoms with Gasteiger partial charge >= 0.3 is 0 Å². The molecule has 0 radical (unpaired) electrons. The number of nitrogen functional groups attached to an aromatic ring is 1. The zero-order chi connectivity index (χ0) is 15.6. The van der Waals surface area contributed by atoms with Gasteiger partial charge in [-0.1, -0.05) is 0 Å². The molecule has 0 unspecified atom stereocenters. The maximum atomic E-state index is 5.60. The van der Waals surface area contributed by atoms with Crippen LogP contribution in [0.3, 0.4) is 0 Å². The van der Waals surface area contributed by atoms with Crippen molar-refractivity contribution in [3.8, 4) is 11.3 Å². The van der Waals surface area contributed by atoms with E-state index in [2.05, 4.69) is 35.5 Å². The minimum atomic E-state index is 0.224. The number of nitrogens with two attached hydrogens (primary N) is 1. The van der Waals surface area contributed by atoms with Crippen molar-refractivity contribution in [1.29, 1.82) is 0 Å². The van der Waals surface area contributed by atoms with E-state index in [1.165, 1.54) is 6.33 Å². The van der Waals surface area contributed by atoms with Crippen LogP contribution in [-0.4, -0.2) is 30.1 Å². The highest BCUT2D eigenvalue weighted by Gasteiger charge is 2.09. The fourth-order valence-electron chi connectivity index (χ4n) is 2.32. The van der Waals surface area contributed by atoms with E-state index in [4.69, 9.17) is 5.73 Å². The number of hydrogen-bond acceptors (Lipinski definition) is 7. The summed E-state index contributed by atoms with van der Waals surface area (Å²) in [6.45, 7) is 0. The molecule has 3 heterocycles. The molecule has 4 rings (SSSR count). The van der Waals surface area contributed by atoms with E-state index in [9.17, 15) is 0 Å². The Bertz CT molecular complexity index is 964. The molecule has 23 heavy (non-hydrogen) atoms. The normalized spacial score (nSPS) is 10.8. The lowest BCUT2D eigenvalue weighted by Gasteiger charge is -2.06. The van der Waals surface area contributed by atoms with Crippen LogP contribution < -0.4 is 11.1 Å². The molecular formula is C15H12N8. The smallest absolute Gasteiger partial charge is 0.221 e. The second-order valence-electron chi connectivity index (χ2n) is 4.88. The SMILES string of the molecule is Nc1nccc(Nc2ccc3[nH]nc(-c4cncnc4)c3c2)n1. The molecule has 3 aromatic heterocycles. The summed E-state index contributed by atoms with van der Waals surface area (Å²) in [5, 5.41) is 11.5. The molecule has 4 N–H and O–H groups in total. The maximum absolute atomic E-state index is 5.60.